The number of aromatic nitrogens is 1. The molecule has 1 amide bonds. The minimum atomic E-state index is -0.853. The second-order valence-corrected chi connectivity index (χ2v) is 7.67. The highest BCUT2D eigenvalue weighted by atomic mass is 16.5. The molecule has 1 aliphatic heterocycles. The molecule has 162 valence electrons. The Kier molecular flexibility index (Phi) is 5.77. The van der Waals surface area contributed by atoms with Gasteiger partial charge in [-0.2, -0.15) is 0 Å². The number of hydrogen-bond donors (Lipinski definition) is 1. The first kappa shape index (κ1) is 21.3. The van der Waals surface area contributed by atoms with Gasteiger partial charge in [-0.1, -0.05) is 23.8 Å². The normalized spacial score (nSPS) is 17.6. The van der Waals surface area contributed by atoms with Crippen molar-refractivity contribution in [1.82, 2.24) is 4.98 Å². The molecule has 1 atom stereocenters. The van der Waals surface area contributed by atoms with E-state index in [4.69, 9.17) is 4.74 Å². The lowest BCUT2D eigenvalue weighted by molar-refractivity contribution is -0.132. The number of ketones is 1. The van der Waals surface area contributed by atoms with E-state index in [9.17, 15) is 14.7 Å². The summed E-state index contributed by atoms with van der Waals surface area (Å²) in [6.07, 6.45) is 1.60. The number of benzene rings is 2. The zero-order chi connectivity index (χ0) is 22.8. The zero-order valence-electron chi connectivity index (χ0n) is 18.2. The van der Waals surface area contributed by atoms with Gasteiger partial charge in [-0.05, 0) is 68.8 Å². The number of carbonyl (C=O) groups is 2. The summed E-state index contributed by atoms with van der Waals surface area (Å²) in [6, 6.07) is 17.0. The van der Waals surface area contributed by atoms with E-state index in [1.54, 1.807) is 48.7 Å². The van der Waals surface area contributed by atoms with Crippen LogP contribution in [0.1, 0.15) is 35.3 Å². The fraction of sp³-hybridized carbons (Fsp3) is 0.192. The van der Waals surface area contributed by atoms with Crippen LogP contribution in [0.15, 0.2) is 72.4 Å². The van der Waals surface area contributed by atoms with Gasteiger partial charge in [0.1, 0.15) is 17.6 Å². The molecule has 0 spiro atoms. The molecule has 2 aromatic carbocycles. The number of amides is 1. The van der Waals surface area contributed by atoms with Crippen LogP contribution in [0.3, 0.4) is 0 Å². The van der Waals surface area contributed by atoms with Gasteiger partial charge < -0.3 is 9.84 Å². The third kappa shape index (κ3) is 3.75. The summed E-state index contributed by atoms with van der Waals surface area (Å²) >= 11 is 0. The highest BCUT2D eigenvalue weighted by Crippen LogP contribution is 2.42. The van der Waals surface area contributed by atoms with Gasteiger partial charge in [-0.3, -0.25) is 19.5 Å². The molecular weight excluding hydrogens is 404 g/mol. The lowest BCUT2D eigenvalue weighted by Crippen LogP contribution is -2.29. The number of aliphatic hydroxyl groups is 1. The summed E-state index contributed by atoms with van der Waals surface area (Å²) < 4.78 is 5.49. The summed E-state index contributed by atoms with van der Waals surface area (Å²) in [6.45, 7) is 6.17. The molecule has 1 N–H and O–H groups in total. The van der Waals surface area contributed by atoms with E-state index in [0.29, 0.717) is 29.3 Å². The van der Waals surface area contributed by atoms with Crippen molar-refractivity contribution in [2.24, 2.45) is 0 Å². The summed E-state index contributed by atoms with van der Waals surface area (Å²) in [5.41, 5.74) is 3.30. The number of pyridine rings is 1. The molecule has 0 aliphatic carbocycles. The molecule has 0 saturated carbocycles. The van der Waals surface area contributed by atoms with Crippen molar-refractivity contribution in [1.29, 1.82) is 0 Å². The Morgan fingerprint density at radius 3 is 2.47 bits per heavy atom. The topological polar surface area (TPSA) is 79.7 Å². The minimum Gasteiger partial charge on any atom is -0.507 e. The molecule has 0 radical (unpaired) electrons. The van der Waals surface area contributed by atoms with E-state index in [-0.39, 0.29) is 11.3 Å². The smallest absolute Gasteiger partial charge is 0.300 e. The van der Waals surface area contributed by atoms with Gasteiger partial charge in [0.25, 0.3) is 11.7 Å². The first-order valence-electron chi connectivity index (χ1n) is 10.4. The maximum Gasteiger partial charge on any atom is 0.300 e. The highest BCUT2D eigenvalue weighted by Gasteiger charge is 2.47. The highest BCUT2D eigenvalue weighted by molar-refractivity contribution is 6.51. The molecule has 6 nitrogen and oxygen atoms in total. The molecule has 0 bridgehead atoms. The Morgan fingerprint density at radius 1 is 1.06 bits per heavy atom. The molecule has 32 heavy (non-hydrogen) atoms. The largest absolute Gasteiger partial charge is 0.507 e. The molecule has 1 aliphatic rings. The van der Waals surface area contributed by atoms with Crippen molar-refractivity contribution >= 4 is 23.1 Å². The Labute approximate surface area is 186 Å². The Balaban J connectivity index is 1.91. The van der Waals surface area contributed by atoms with E-state index in [2.05, 4.69) is 4.98 Å². The first-order chi connectivity index (χ1) is 15.4. The van der Waals surface area contributed by atoms with Crippen molar-refractivity contribution in [3.05, 3.63) is 94.8 Å². The summed E-state index contributed by atoms with van der Waals surface area (Å²) in [7, 11) is 0. The maximum atomic E-state index is 13.2. The van der Waals surface area contributed by atoms with E-state index in [1.165, 1.54) is 4.90 Å². The Morgan fingerprint density at radius 2 is 1.81 bits per heavy atom. The maximum absolute atomic E-state index is 13.2. The fourth-order valence-electron chi connectivity index (χ4n) is 3.92. The van der Waals surface area contributed by atoms with Crippen LogP contribution in [-0.2, 0) is 9.59 Å². The molecule has 1 unspecified atom stereocenters. The summed E-state index contributed by atoms with van der Waals surface area (Å²) in [5, 5.41) is 11.3. The third-order valence-corrected chi connectivity index (χ3v) is 5.49. The van der Waals surface area contributed by atoms with Crippen molar-refractivity contribution in [3.63, 3.8) is 0 Å². The van der Waals surface area contributed by atoms with Crippen LogP contribution in [0.5, 0.6) is 5.75 Å². The van der Waals surface area contributed by atoms with Gasteiger partial charge in [-0.25, -0.2) is 0 Å². The van der Waals surface area contributed by atoms with Gasteiger partial charge >= 0.3 is 0 Å². The van der Waals surface area contributed by atoms with Crippen molar-refractivity contribution in [3.8, 4) is 5.75 Å². The molecule has 2 heterocycles. The number of anilines is 1. The predicted molar refractivity (Wildman–Crippen MR) is 123 cm³/mol. The molecule has 6 heteroatoms. The number of ether oxygens (including phenoxy) is 1. The quantitative estimate of drug-likeness (QED) is 0.361. The number of aryl methyl sites for hydroxylation is 2. The minimum absolute atomic E-state index is 0.0243. The molecule has 1 aromatic heterocycles. The van der Waals surface area contributed by atoms with Gasteiger partial charge in [-0.15, -0.1) is 0 Å². The predicted octanol–water partition coefficient (Wildman–Crippen LogP) is 4.72. The Hall–Kier alpha value is -3.93. The van der Waals surface area contributed by atoms with Gasteiger partial charge in [0, 0.05) is 17.4 Å². The lowest BCUT2D eigenvalue weighted by Gasteiger charge is -2.25. The average Bonchev–Trinajstić information content (AvgIpc) is 3.07. The first-order valence-corrected chi connectivity index (χ1v) is 10.4. The molecular formula is C26H24N2O4. The molecule has 1 saturated heterocycles. The monoisotopic (exact) mass is 428 g/mol. The van der Waals surface area contributed by atoms with Crippen LogP contribution in [0, 0.1) is 13.8 Å². The summed E-state index contributed by atoms with van der Waals surface area (Å²) in [4.78, 5) is 32.2. The van der Waals surface area contributed by atoms with E-state index < -0.39 is 17.7 Å². The van der Waals surface area contributed by atoms with Crippen LogP contribution < -0.4 is 9.64 Å². The van der Waals surface area contributed by atoms with Gasteiger partial charge in [0.05, 0.1) is 17.9 Å². The van der Waals surface area contributed by atoms with E-state index in [0.717, 1.165) is 11.1 Å². The van der Waals surface area contributed by atoms with Crippen molar-refractivity contribution in [2.75, 3.05) is 11.5 Å². The second kappa shape index (κ2) is 8.67. The van der Waals surface area contributed by atoms with Gasteiger partial charge in [0.2, 0.25) is 0 Å². The lowest BCUT2D eigenvalue weighted by atomic mass is 9.95. The number of rotatable bonds is 5. The number of aliphatic hydroxyl groups excluding tert-OH is 1. The van der Waals surface area contributed by atoms with Gasteiger partial charge in [0.15, 0.2) is 0 Å². The number of hydrogen-bond acceptors (Lipinski definition) is 5. The standard InChI is InChI=1S/C26H24N2O4/c1-4-32-19-12-10-18(11-13-19)28-23(21-7-5-6-14-27-21)22(25(30)26(28)31)24(29)20-15-16(2)8-9-17(20)3/h5-15,23,29H,4H2,1-3H3/b24-22+. The fourth-order valence-corrected chi connectivity index (χ4v) is 3.92. The molecule has 3 aromatic rings. The molecule has 4 rings (SSSR count). The van der Waals surface area contributed by atoms with E-state index in [1.807, 2.05) is 39.0 Å². The van der Waals surface area contributed by atoms with Crippen LogP contribution in [0.2, 0.25) is 0 Å². The second-order valence-electron chi connectivity index (χ2n) is 7.67. The van der Waals surface area contributed by atoms with Crippen LogP contribution in [-0.4, -0.2) is 28.4 Å². The Bertz CT molecular complexity index is 1200. The SMILES string of the molecule is CCOc1ccc(N2C(=O)C(=O)/C(=C(/O)c3cc(C)ccc3C)C2c2ccccn2)cc1. The van der Waals surface area contributed by atoms with E-state index >= 15 is 0 Å². The number of carbonyl (C=O) groups excluding carboxylic acids is 2. The van der Waals surface area contributed by atoms with Crippen LogP contribution in [0.25, 0.3) is 5.76 Å². The average molecular weight is 428 g/mol. The van der Waals surface area contributed by atoms with Crippen molar-refractivity contribution in [2.45, 2.75) is 26.8 Å². The number of nitrogens with zero attached hydrogens (tertiary/aromatic N) is 2. The van der Waals surface area contributed by atoms with Crippen LogP contribution >= 0.6 is 0 Å². The third-order valence-electron chi connectivity index (χ3n) is 5.49. The van der Waals surface area contributed by atoms with Crippen LogP contribution in [0.4, 0.5) is 5.69 Å². The summed E-state index contributed by atoms with van der Waals surface area (Å²) in [5.74, 6) is -0.990. The van der Waals surface area contributed by atoms with Crippen molar-refractivity contribution < 1.29 is 19.4 Å². The number of Topliss-reactive ketones (excluding diaryl/α,β-unsaturated/α-hetero) is 1. The zero-order valence-corrected chi connectivity index (χ0v) is 18.2. The molecule has 1 fully saturated rings.